The molecule has 0 aromatic heterocycles. The third-order valence-electron chi connectivity index (χ3n) is 3.05. The molecule has 1 aromatic rings. The highest BCUT2D eigenvalue weighted by Crippen LogP contribution is 2.18. The van der Waals surface area contributed by atoms with Gasteiger partial charge in [0, 0.05) is 17.6 Å². The van der Waals surface area contributed by atoms with Crippen LogP contribution in [-0.4, -0.2) is 26.0 Å². The monoisotopic (exact) mass is 291 g/mol. The van der Waals surface area contributed by atoms with Crippen molar-refractivity contribution >= 4 is 21.4 Å². The van der Waals surface area contributed by atoms with Gasteiger partial charge in [0.2, 0.25) is 0 Å². The molecule has 0 saturated carbocycles. The molecule has 0 bridgehead atoms. The first-order valence-electron chi connectivity index (χ1n) is 5.84. The van der Waals surface area contributed by atoms with E-state index in [-0.39, 0.29) is 23.4 Å². The lowest BCUT2D eigenvalue weighted by Gasteiger charge is -2.23. The van der Waals surface area contributed by atoms with Crippen LogP contribution in [0.3, 0.4) is 0 Å². The minimum absolute atomic E-state index is 0.0666. The van der Waals surface area contributed by atoms with Gasteiger partial charge in [-0.1, -0.05) is 11.6 Å². The highest BCUT2D eigenvalue weighted by Gasteiger charge is 2.24. The van der Waals surface area contributed by atoms with Crippen LogP contribution >= 0.6 is 11.6 Å². The van der Waals surface area contributed by atoms with Crippen LogP contribution < -0.4 is 5.32 Å². The average Bonchev–Trinajstić information content (AvgIpc) is 2.29. The normalized spacial score (nSPS) is 22.9. The van der Waals surface area contributed by atoms with E-state index in [1.165, 1.54) is 18.2 Å². The van der Waals surface area contributed by atoms with Crippen LogP contribution in [0.1, 0.15) is 18.4 Å². The van der Waals surface area contributed by atoms with Crippen LogP contribution in [0.25, 0.3) is 0 Å². The summed E-state index contributed by atoms with van der Waals surface area (Å²) in [4.78, 5) is 0. The van der Waals surface area contributed by atoms with Gasteiger partial charge in [0.15, 0.2) is 9.84 Å². The third kappa shape index (κ3) is 3.67. The minimum Gasteiger partial charge on any atom is -0.309 e. The molecule has 1 aliphatic heterocycles. The molecular formula is C12H15ClFNO2S. The zero-order chi connectivity index (χ0) is 13.2. The number of rotatable bonds is 3. The van der Waals surface area contributed by atoms with Gasteiger partial charge in [-0.25, -0.2) is 12.8 Å². The van der Waals surface area contributed by atoms with Crippen LogP contribution in [0, 0.1) is 5.82 Å². The molecule has 0 spiro atoms. The Morgan fingerprint density at radius 2 is 2.22 bits per heavy atom. The molecule has 0 radical (unpaired) electrons. The summed E-state index contributed by atoms with van der Waals surface area (Å²) in [5, 5.41) is 3.62. The fourth-order valence-corrected chi connectivity index (χ4v) is 3.97. The SMILES string of the molecule is O=S1(=O)CCCC(NCc2cc(F)ccc2Cl)C1. The highest BCUT2D eigenvalue weighted by molar-refractivity contribution is 7.91. The molecule has 1 unspecified atom stereocenters. The smallest absolute Gasteiger partial charge is 0.151 e. The molecule has 1 aliphatic rings. The van der Waals surface area contributed by atoms with Gasteiger partial charge in [-0.05, 0) is 36.6 Å². The van der Waals surface area contributed by atoms with Crippen molar-refractivity contribution < 1.29 is 12.8 Å². The second-order valence-corrected chi connectivity index (χ2v) is 7.21. The van der Waals surface area contributed by atoms with Crippen molar-refractivity contribution in [1.29, 1.82) is 0 Å². The zero-order valence-electron chi connectivity index (χ0n) is 9.83. The summed E-state index contributed by atoms with van der Waals surface area (Å²) in [5.74, 6) is 0.0821. The molecule has 1 N–H and O–H groups in total. The quantitative estimate of drug-likeness (QED) is 0.928. The molecule has 0 aliphatic carbocycles. The van der Waals surface area contributed by atoms with Crippen LogP contribution in [0.4, 0.5) is 4.39 Å². The largest absolute Gasteiger partial charge is 0.309 e. The number of nitrogens with one attached hydrogen (secondary N) is 1. The predicted octanol–water partition coefficient (Wildman–Crippen LogP) is 2.15. The molecule has 2 rings (SSSR count). The van der Waals surface area contributed by atoms with E-state index in [1.807, 2.05) is 0 Å². The number of hydrogen-bond donors (Lipinski definition) is 1. The van der Waals surface area contributed by atoms with E-state index in [0.29, 0.717) is 23.6 Å². The van der Waals surface area contributed by atoms with Gasteiger partial charge < -0.3 is 5.32 Å². The Bertz CT molecular complexity index is 533. The zero-order valence-corrected chi connectivity index (χ0v) is 11.4. The molecular weight excluding hydrogens is 277 g/mol. The lowest BCUT2D eigenvalue weighted by Crippen LogP contribution is -2.39. The second kappa shape index (κ2) is 5.55. The van der Waals surface area contributed by atoms with Crippen molar-refractivity contribution in [3.05, 3.63) is 34.6 Å². The van der Waals surface area contributed by atoms with Crippen molar-refractivity contribution in [3.63, 3.8) is 0 Å². The van der Waals surface area contributed by atoms with Crippen molar-refractivity contribution in [2.75, 3.05) is 11.5 Å². The summed E-state index contributed by atoms with van der Waals surface area (Å²) < 4.78 is 36.0. The van der Waals surface area contributed by atoms with Gasteiger partial charge in [-0.15, -0.1) is 0 Å². The molecule has 0 amide bonds. The van der Waals surface area contributed by atoms with Crippen molar-refractivity contribution in [2.24, 2.45) is 0 Å². The fraction of sp³-hybridized carbons (Fsp3) is 0.500. The molecule has 1 heterocycles. The predicted molar refractivity (Wildman–Crippen MR) is 69.9 cm³/mol. The molecule has 1 aromatic carbocycles. The first-order valence-corrected chi connectivity index (χ1v) is 8.04. The lowest BCUT2D eigenvalue weighted by molar-refractivity contribution is 0.479. The summed E-state index contributed by atoms with van der Waals surface area (Å²) in [7, 11) is -2.92. The maximum absolute atomic E-state index is 13.1. The van der Waals surface area contributed by atoms with Crippen LogP contribution in [-0.2, 0) is 16.4 Å². The van der Waals surface area contributed by atoms with Crippen LogP contribution in [0.15, 0.2) is 18.2 Å². The van der Waals surface area contributed by atoms with Gasteiger partial charge in [0.1, 0.15) is 5.82 Å². The highest BCUT2D eigenvalue weighted by atomic mass is 35.5. The number of benzene rings is 1. The van der Waals surface area contributed by atoms with Gasteiger partial charge in [0.05, 0.1) is 11.5 Å². The molecule has 1 atom stereocenters. The van der Waals surface area contributed by atoms with Crippen LogP contribution in [0.2, 0.25) is 5.02 Å². The topological polar surface area (TPSA) is 46.2 Å². The molecule has 100 valence electrons. The summed E-state index contributed by atoms with van der Waals surface area (Å²) in [6.45, 7) is 0.386. The maximum atomic E-state index is 13.1. The molecule has 3 nitrogen and oxygen atoms in total. The maximum Gasteiger partial charge on any atom is 0.151 e. The van der Waals surface area contributed by atoms with E-state index in [1.54, 1.807) is 0 Å². The molecule has 18 heavy (non-hydrogen) atoms. The fourth-order valence-electron chi connectivity index (χ4n) is 2.12. The average molecular weight is 292 g/mol. The van der Waals surface area contributed by atoms with E-state index in [4.69, 9.17) is 11.6 Å². The van der Waals surface area contributed by atoms with Crippen molar-refractivity contribution in [3.8, 4) is 0 Å². The van der Waals surface area contributed by atoms with E-state index >= 15 is 0 Å². The summed E-state index contributed by atoms with van der Waals surface area (Å²) in [5.41, 5.74) is 0.652. The molecule has 1 fully saturated rings. The number of sulfone groups is 1. The first-order chi connectivity index (χ1) is 8.46. The van der Waals surface area contributed by atoms with Gasteiger partial charge in [-0.3, -0.25) is 0 Å². The van der Waals surface area contributed by atoms with Gasteiger partial charge >= 0.3 is 0 Å². The standard InChI is InChI=1S/C12H15ClFNO2S/c13-12-4-3-10(14)6-9(12)7-15-11-2-1-5-18(16,17)8-11/h3-4,6,11,15H,1-2,5,7-8H2. The first kappa shape index (κ1) is 13.8. The Kier molecular flexibility index (Phi) is 4.25. The number of halogens is 2. The molecule has 6 heteroatoms. The van der Waals surface area contributed by atoms with E-state index in [9.17, 15) is 12.8 Å². The number of hydrogen-bond acceptors (Lipinski definition) is 3. The minimum atomic E-state index is -2.92. The summed E-state index contributed by atoms with van der Waals surface area (Å²) in [6.07, 6.45) is 1.50. The Balaban J connectivity index is 1.97. The van der Waals surface area contributed by atoms with Crippen LogP contribution in [0.5, 0.6) is 0 Å². The third-order valence-corrected chi connectivity index (χ3v) is 5.24. The van der Waals surface area contributed by atoms with E-state index < -0.39 is 9.84 Å². The van der Waals surface area contributed by atoms with Crippen molar-refractivity contribution in [2.45, 2.75) is 25.4 Å². The van der Waals surface area contributed by atoms with E-state index in [2.05, 4.69) is 5.32 Å². The summed E-state index contributed by atoms with van der Waals surface area (Å²) in [6, 6.07) is 4.11. The Hall–Kier alpha value is -0.650. The second-order valence-electron chi connectivity index (χ2n) is 4.57. The van der Waals surface area contributed by atoms with Crippen molar-refractivity contribution in [1.82, 2.24) is 5.32 Å². The Morgan fingerprint density at radius 3 is 2.94 bits per heavy atom. The molecule has 1 saturated heterocycles. The Labute approximate surface area is 111 Å². The van der Waals surface area contributed by atoms with Gasteiger partial charge in [0.25, 0.3) is 0 Å². The Morgan fingerprint density at radius 1 is 1.44 bits per heavy atom. The van der Waals surface area contributed by atoms with E-state index in [0.717, 1.165) is 6.42 Å². The lowest BCUT2D eigenvalue weighted by atomic mass is 10.1. The van der Waals surface area contributed by atoms with Gasteiger partial charge in [-0.2, -0.15) is 0 Å². The summed E-state index contributed by atoms with van der Waals surface area (Å²) >= 11 is 5.95.